The van der Waals surface area contributed by atoms with Crippen LogP contribution in [-0.2, 0) is 24.4 Å². The summed E-state index contributed by atoms with van der Waals surface area (Å²) in [5.74, 6) is -2.78. The molecule has 1 atom stereocenters. The molecule has 1 aliphatic carbocycles. The minimum atomic E-state index is -2.61. The molecular formula is C28H30ClF3N4O3. The zero-order chi connectivity index (χ0) is 27.7. The molecule has 39 heavy (non-hydrogen) atoms. The number of nitrogens with one attached hydrogen (secondary N) is 1. The molecule has 0 spiro atoms. The van der Waals surface area contributed by atoms with Crippen LogP contribution in [0.5, 0.6) is 0 Å². The van der Waals surface area contributed by atoms with Crippen LogP contribution >= 0.6 is 11.6 Å². The molecule has 0 radical (unpaired) electrons. The Kier molecular flexibility index (Phi) is 7.89. The number of benzene rings is 1. The first-order chi connectivity index (χ1) is 18.7. The molecule has 2 aliphatic rings. The SMILES string of the molecule is COC[C@H]1Cn2cc(-c3cc(NC4CCC(F)(F)CC4)ncc3Cl)cc2C(=O)N1Cc1cc(F)ccc1CO. The monoisotopic (exact) mass is 562 g/mol. The van der Waals surface area contributed by atoms with Gasteiger partial charge >= 0.3 is 0 Å². The van der Waals surface area contributed by atoms with Gasteiger partial charge in [-0.15, -0.1) is 0 Å². The number of ether oxygens (including phenoxy) is 1. The second-order valence-corrected chi connectivity index (χ2v) is 10.6. The van der Waals surface area contributed by atoms with Gasteiger partial charge in [-0.2, -0.15) is 0 Å². The van der Waals surface area contributed by atoms with Crippen LogP contribution in [0.2, 0.25) is 5.02 Å². The number of rotatable bonds is 8. The molecule has 5 rings (SSSR count). The summed E-state index contributed by atoms with van der Waals surface area (Å²) in [5.41, 5.74) is 2.89. The highest BCUT2D eigenvalue weighted by Gasteiger charge is 2.36. The van der Waals surface area contributed by atoms with Crippen molar-refractivity contribution in [3.63, 3.8) is 0 Å². The topological polar surface area (TPSA) is 79.6 Å². The highest BCUT2D eigenvalue weighted by Crippen LogP contribution is 2.36. The quantitative estimate of drug-likeness (QED) is 0.379. The average molecular weight is 563 g/mol. The number of aliphatic hydroxyl groups excluding tert-OH is 1. The van der Waals surface area contributed by atoms with E-state index >= 15 is 0 Å². The molecule has 11 heteroatoms. The van der Waals surface area contributed by atoms with Crippen molar-refractivity contribution in [1.82, 2.24) is 14.5 Å². The van der Waals surface area contributed by atoms with Crippen LogP contribution in [-0.4, -0.2) is 57.2 Å². The van der Waals surface area contributed by atoms with E-state index in [-0.39, 0.29) is 50.6 Å². The molecule has 0 bridgehead atoms. The summed E-state index contributed by atoms with van der Waals surface area (Å²) >= 11 is 6.50. The van der Waals surface area contributed by atoms with E-state index in [2.05, 4.69) is 10.3 Å². The van der Waals surface area contributed by atoms with E-state index in [1.54, 1.807) is 24.1 Å². The van der Waals surface area contributed by atoms with Gasteiger partial charge < -0.3 is 24.6 Å². The summed E-state index contributed by atoms with van der Waals surface area (Å²) in [7, 11) is 1.55. The van der Waals surface area contributed by atoms with Crippen molar-refractivity contribution < 1.29 is 27.8 Å². The number of pyridine rings is 1. The van der Waals surface area contributed by atoms with Crippen LogP contribution in [0.15, 0.2) is 42.7 Å². The number of carbonyl (C=O) groups is 1. The molecule has 0 saturated heterocycles. The summed E-state index contributed by atoms with van der Waals surface area (Å²) in [6.07, 6.45) is 3.74. The lowest BCUT2D eigenvalue weighted by molar-refractivity contribution is -0.0361. The van der Waals surface area contributed by atoms with Crippen LogP contribution in [0.25, 0.3) is 11.1 Å². The van der Waals surface area contributed by atoms with Crippen LogP contribution in [0.1, 0.15) is 47.3 Å². The molecule has 1 saturated carbocycles. The molecule has 1 fully saturated rings. The molecule has 3 heterocycles. The van der Waals surface area contributed by atoms with Gasteiger partial charge in [0.15, 0.2) is 0 Å². The standard InChI is InChI=1S/C28H30ClF3N4O3/c1-39-16-22-14-35-12-19(9-25(35)27(38)36(22)13-18-8-20(30)3-2-17(18)15-37)23-10-26(33-11-24(23)29)34-21-4-6-28(31,32)7-5-21/h2-3,8-12,21-22,37H,4-7,13-16H2,1H3,(H,33,34)/t22-/m1/s1. The number of aliphatic hydroxyl groups is 1. The van der Waals surface area contributed by atoms with Crippen molar-refractivity contribution in [2.45, 2.75) is 63.4 Å². The van der Waals surface area contributed by atoms with Gasteiger partial charge in [0.05, 0.1) is 24.3 Å². The predicted molar refractivity (Wildman–Crippen MR) is 141 cm³/mol. The normalized spacial score (nSPS) is 19.3. The third-order valence-electron chi connectivity index (χ3n) is 7.50. The number of fused-ring (bicyclic) bond motifs is 1. The predicted octanol–water partition coefficient (Wildman–Crippen LogP) is 5.50. The number of halogens is 4. The van der Waals surface area contributed by atoms with Gasteiger partial charge in [0, 0.05) is 62.6 Å². The summed E-state index contributed by atoms with van der Waals surface area (Å²) in [5, 5.41) is 13.4. The molecular weight excluding hydrogens is 533 g/mol. The minimum absolute atomic E-state index is 0.107. The van der Waals surface area contributed by atoms with Gasteiger partial charge in [-0.3, -0.25) is 4.79 Å². The smallest absolute Gasteiger partial charge is 0.271 e. The van der Waals surface area contributed by atoms with Crippen molar-refractivity contribution in [2.75, 3.05) is 19.0 Å². The maximum Gasteiger partial charge on any atom is 0.271 e. The summed E-state index contributed by atoms with van der Waals surface area (Å²) in [6, 6.07) is 7.23. The van der Waals surface area contributed by atoms with Gasteiger partial charge in [-0.1, -0.05) is 17.7 Å². The lowest BCUT2D eigenvalue weighted by atomic mass is 9.92. The zero-order valence-electron chi connectivity index (χ0n) is 21.5. The van der Waals surface area contributed by atoms with Crippen LogP contribution in [0.3, 0.4) is 0 Å². The summed E-state index contributed by atoms with van der Waals surface area (Å²) < 4.78 is 48.3. The number of aromatic nitrogens is 2. The van der Waals surface area contributed by atoms with Crippen molar-refractivity contribution in [3.05, 3.63) is 70.4 Å². The van der Waals surface area contributed by atoms with E-state index in [0.717, 1.165) is 0 Å². The van der Waals surface area contributed by atoms with E-state index in [0.29, 0.717) is 58.2 Å². The maximum atomic E-state index is 14.0. The first kappa shape index (κ1) is 27.5. The number of methoxy groups -OCH3 is 1. The maximum absolute atomic E-state index is 14.0. The number of amides is 1. The number of alkyl halides is 2. The largest absolute Gasteiger partial charge is 0.392 e. The number of nitrogens with zero attached hydrogens (tertiary/aromatic N) is 3. The van der Waals surface area contributed by atoms with Gasteiger partial charge in [0.2, 0.25) is 5.92 Å². The van der Waals surface area contributed by atoms with Crippen LogP contribution in [0, 0.1) is 5.82 Å². The molecule has 2 aromatic heterocycles. The van der Waals surface area contributed by atoms with Crippen LogP contribution in [0.4, 0.5) is 19.0 Å². The van der Waals surface area contributed by atoms with Gasteiger partial charge in [0.1, 0.15) is 17.3 Å². The molecule has 3 aromatic rings. The van der Waals surface area contributed by atoms with Crippen molar-refractivity contribution in [2.24, 2.45) is 0 Å². The molecule has 0 unspecified atom stereocenters. The van der Waals surface area contributed by atoms with Crippen LogP contribution < -0.4 is 5.32 Å². The average Bonchev–Trinajstić information content (AvgIpc) is 3.33. The van der Waals surface area contributed by atoms with Gasteiger partial charge in [0.25, 0.3) is 5.91 Å². The fourth-order valence-corrected chi connectivity index (χ4v) is 5.59. The van der Waals surface area contributed by atoms with E-state index in [1.165, 1.54) is 24.4 Å². The minimum Gasteiger partial charge on any atom is -0.392 e. The second-order valence-electron chi connectivity index (χ2n) is 10.2. The molecule has 1 amide bonds. The Morgan fingerprint density at radius 1 is 1.21 bits per heavy atom. The summed E-state index contributed by atoms with van der Waals surface area (Å²) in [6.45, 7) is 0.564. The van der Waals surface area contributed by atoms with Gasteiger partial charge in [-0.25, -0.2) is 18.2 Å². The van der Waals surface area contributed by atoms with Crippen molar-refractivity contribution in [1.29, 1.82) is 0 Å². The highest BCUT2D eigenvalue weighted by atomic mass is 35.5. The molecule has 2 N–H and O–H groups in total. The third-order valence-corrected chi connectivity index (χ3v) is 7.80. The Hall–Kier alpha value is -3.08. The highest BCUT2D eigenvalue weighted by molar-refractivity contribution is 6.33. The lowest BCUT2D eigenvalue weighted by Gasteiger charge is -2.36. The number of carbonyl (C=O) groups excluding carboxylic acids is 1. The molecule has 1 aromatic carbocycles. The fraction of sp³-hybridized carbons (Fsp3) is 0.429. The third kappa shape index (κ3) is 5.92. The zero-order valence-corrected chi connectivity index (χ0v) is 22.2. The summed E-state index contributed by atoms with van der Waals surface area (Å²) in [4.78, 5) is 19.6. The number of hydrogen-bond acceptors (Lipinski definition) is 5. The first-order valence-electron chi connectivity index (χ1n) is 12.9. The Labute approximate surface area is 229 Å². The van der Waals surface area contributed by atoms with Crippen molar-refractivity contribution >= 4 is 23.3 Å². The Bertz CT molecular complexity index is 1360. The van der Waals surface area contributed by atoms with Gasteiger partial charge in [-0.05, 0) is 48.2 Å². The first-order valence-corrected chi connectivity index (χ1v) is 13.2. The molecule has 1 aliphatic heterocycles. The Morgan fingerprint density at radius 3 is 2.69 bits per heavy atom. The van der Waals surface area contributed by atoms with E-state index < -0.39 is 11.7 Å². The van der Waals surface area contributed by atoms with E-state index in [9.17, 15) is 23.1 Å². The Balaban J connectivity index is 1.41. The van der Waals surface area contributed by atoms with Crippen molar-refractivity contribution in [3.8, 4) is 11.1 Å². The fourth-order valence-electron chi connectivity index (χ4n) is 5.37. The molecule has 7 nitrogen and oxygen atoms in total. The van der Waals surface area contributed by atoms with E-state index in [1.807, 2.05) is 10.8 Å². The lowest BCUT2D eigenvalue weighted by Crippen LogP contribution is -2.49. The number of hydrogen-bond donors (Lipinski definition) is 2. The Morgan fingerprint density at radius 2 is 1.97 bits per heavy atom. The second kappa shape index (κ2) is 11.2. The number of anilines is 1. The van der Waals surface area contributed by atoms with E-state index in [4.69, 9.17) is 16.3 Å². The molecule has 208 valence electrons.